The summed E-state index contributed by atoms with van der Waals surface area (Å²) < 4.78 is 26.4. The third-order valence-electron chi connectivity index (χ3n) is 2.91. The van der Waals surface area contributed by atoms with Gasteiger partial charge in [-0.1, -0.05) is 0 Å². The number of thiazole rings is 1. The van der Waals surface area contributed by atoms with Crippen LogP contribution in [0.2, 0.25) is 0 Å². The first-order valence-electron chi connectivity index (χ1n) is 6.21. The molecular weight excluding hydrogens is 292 g/mol. The smallest absolute Gasteiger partial charge is 0.187 e. The Hall–Kier alpha value is -2.34. The molecule has 3 nitrogen and oxygen atoms in total. The summed E-state index contributed by atoms with van der Waals surface area (Å²) in [6, 6.07) is 6.14. The Bertz CT molecular complexity index is 786. The van der Waals surface area contributed by atoms with Gasteiger partial charge in [0.15, 0.2) is 5.13 Å². The molecule has 21 heavy (non-hydrogen) atoms. The van der Waals surface area contributed by atoms with Gasteiger partial charge in [0.1, 0.15) is 11.6 Å². The molecule has 2 aromatic heterocycles. The van der Waals surface area contributed by atoms with E-state index in [2.05, 4.69) is 15.3 Å². The maximum atomic E-state index is 13.2. The van der Waals surface area contributed by atoms with Crippen molar-refractivity contribution in [3.05, 3.63) is 59.2 Å². The Labute approximate surface area is 124 Å². The zero-order valence-electron chi connectivity index (χ0n) is 11.1. The van der Waals surface area contributed by atoms with Crippen LogP contribution in [0.3, 0.4) is 0 Å². The van der Waals surface area contributed by atoms with Gasteiger partial charge in [-0.25, -0.2) is 13.8 Å². The lowest BCUT2D eigenvalue weighted by Crippen LogP contribution is -1.92. The molecule has 0 aliphatic carbocycles. The van der Waals surface area contributed by atoms with Crippen molar-refractivity contribution < 1.29 is 8.78 Å². The third kappa shape index (κ3) is 3.05. The monoisotopic (exact) mass is 303 g/mol. The van der Waals surface area contributed by atoms with E-state index in [-0.39, 0.29) is 5.82 Å². The first-order valence-corrected chi connectivity index (χ1v) is 7.09. The predicted octanol–water partition coefficient (Wildman–Crippen LogP) is 4.54. The van der Waals surface area contributed by atoms with Crippen LogP contribution in [0.4, 0.5) is 19.6 Å². The van der Waals surface area contributed by atoms with Crippen LogP contribution in [0.1, 0.15) is 5.56 Å². The van der Waals surface area contributed by atoms with Crippen molar-refractivity contribution in [2.75, 3.05) is 5.32 Å². The minimum Gasteiger partial charge on any atom is -0.332 e. The average Bonchev–Trinajstić information content (AvgIpc) is 2.91. The second kappa shape index (κ2) is 5.57. The highest BCUT2D eigenvalue weighted by Gasteiger charge is 2.07. The first-order chi connectivity index (χ1) is 10.1. The second-order valence-electron chi connectivity index (χ2n) is 4.52. The standard InChI is InChI=1S/C15H11F2N3S/c1-9-4-12(2-3-13(9)17)19-15-20-14(8-21-15)10-5-11(16)7-18-6-10/h2-8H,1H3,(H,19,20). The van der Waals surface area contributed by atoms with E-state index in [0.29, 0.717) is 22.0 Å². The van der Waals surface area contributed by atoms with Crippen molar-refractivity contribution in [3.8, 4) is 11.3 Å². The lowest BCUT2D eigenvalue weighted by Gasteiger charge is -2.04. The molecule has 0 saturated carbocycles. The Balaban J connectivity index is 1.83. The summed E-state index contributed by atoms with van der Waals surface area (Å²) in [6.07, 6.45) is 2.71. The number of anilines is 2. The molecule has 0 radical (unpaired) electrons. The third-order valence-corrected chi connectivity index (χ3v) is 3.67. The number of nitrogens with one attached hydrogen (secondary N) is 1. The van der Waals surface area contributed by atoms with Crippen LogP contribution < -0.4 is 5.32 Å². The van der Waals surface area contributed by atoms with E-state index < -0.39 is 5.82 Å². The van der Waals surface area contributed by atoms with Gasteiger partial charge in [-0.15, -0.1) is 11.3 Å². The molecule has 1 aromatic carbocycles. The van der Waals surface area contributed by atoms with Crippen molar-refractivity contribution in [1.82, 2.24) is 9.97 Å². The number of rotatable bonds is 3. The number of aromatic nitrogens is 2. The number of hydrogen-bond acceptors (Lipinski definition) is 4. The molecule has 0 unspecified atom stereocenters. The van der Waals surface area contributed by atoms with Gasteiger partial charge in [-0.2, -0.15) is 0 Å². The van der Waals surface area contributed by atoms with Gasteiger partial charge >= 0.3 is 0 Å². The van der Waals surface area contributed by atoms with E-state index in [1.165, 1.54) is 23.5 Å². The summed E-state index contributed by atoms with van der Waals surface area (Å²) in [6.45, 7) is 1.70. The fraction of sp³-hybridized carbons (Fsp3) is 0.0667. The SMILES string of the molecule is Cc1cc(Nc2nc(-c3cncc(F)c3)cs2)ccc1F. The quantitative estimate of drug-likeness (QED) is 0.772. The van der Waals surface area contributed by atoms with Gasteiger partial charge in [0, 0.05) is 22.8 Å². The molecule has 106 valence electrons. The lowest BCUT2D eigenvalue weighted by molar-refractivity contribution is 0.619. The highest BCUT2D eigenvalue weighted by Crippen LogP contribution is 2.27. The Kier molecular flexibility index (Phi) is 3.62. The van der Waals surface area contributed by atoms with Crippen molar-refractivity contribution in [3.63, 3.8) is 0 Å². The van der Waals surface area contributed by atoms with Crippen LogP contribution in [0.15, 0.2) is 42.0 Å². The number of pyridine rings is 1. The second-order valence-corrected chi connectivity index (χ2v) is 5.38. The van der Waals surface area contributed by atoms with Gasteiger partial charge < -0.3 is 5.32 Å². The van der Waals surface area contributed by atoms with Gasteiger partial charge in [-0.3, -0.25) is 4.98 Å². The molecule has 0 amide bonds. The van der Waals surface area contributed by atoms with Gasteiger partial charge in [0.05, 0.1) is 11.9 Å². The molecule has 0 saturated heterocycles. The predicted molar refractivity (Wildman–Crippen MR) is 79.7 cm³/mol. The Morgan fingerprint density at radius 3 is 2.76 bits per heavy atom. The van der Waals surface area contributed by atoms with Gasteiger partial charge in [0.2, 0.25) is 0 Å². The molecule has 0 fully saturated rings. The largest absolute Gasteiger partial charge is 0.332 e. The Morgan fingerprint density at radius 1 is 1.14 bits per heavy atom. The summed E-state index contributed by atoms with van der Waals surface area (Å²) in [5.41, 5.74) is 2.58. The summed E-state index contributed by atoms with van der Waals surface area (Å²) in [4.78, 5) is 8.18. The normalized spacial score (nSPS) is 10.6. The highest BCUT2D eigenvalue weighted by atomic mass is 32.1. The average molecular weight is 303 g/mol. The molecule has 6 heteroatoms. The van der Waals surface area contributed by atoms with Crippen LogP contribution >= 0.6 is 11.3 Å². The van der Waals surface area contributed by atoms with E-state index in [1.54, 1.807) is 25.3 Å². The fourth-order valence-electron chi connectivity index (χ4n) is 1.86. The number of nitrogens with zero attached hydrogens (tertiary/aromatic N) is 2. The van der Waals surface area contributed by atoms with Crippen molar-refractivity contribution in [1.29, 1.82) is 0 Å². The molecule has 0 spiro atoms. The summed E-state index contributed by atoms with van der Waals surface area (Å²) in [5.74, 6) is -0.643. The minimum atomic E-state index is -0.399. The van der Waals surface area contributed by atoms with E-state index in [1.807, 2.05) is 5.38 Å². The van der Waals surface area contributed by atoms with Crippen LogP contribution in [-0.2, 0) is 0 Å². The van der Waals surface area contributed by atoms with Crippen LogP contribution in [-0.4, -0.2) is 9.97 Å². The van der Waals surface area contributed by atoms with E-state index in [0.717, 1.165) is 11.9 Å². The summed E-state index contributed by atoms with van der Waals surface area (Å²) in [5, 5.41) is 5.57. The van der Waals surface area contributed by atoms with Gasteiger partial charge in [-0.05, 0) is 36.8 Å². The highest BCUT2D eigenvalue weighted by molar-refractivity contribution is 7.14. The zero-order valence-corrected chi connectivity index (χ0v) is 11.9. The number of benzene rings is 1. The number of halogens is 2. The number of hydrogen-bond donors (Lipinski definition) is 1. The molecule has 0 aliphatic heterocycles. The zero-order chi connectivity index (χ0) is 14.8. The van der Waals surface area contributed by atoms with Gasteiger partial charge in [0.25, 0.3) is 0 Å². The number of aryl methyl sites for hydroxylation is 1. The summed E-state index contributed by atoms with van der Waals surface area (Å²) >= 11 is 1.39. The van der Waals surface area contributed by atoms with E-state index >= 15 is 0 Å². The van der Waals surface area contributed by atoms with E-state index in [9.17, 15) is 8.78 Å². The van der Waals surface area contributed by atoms with Crippen LogP contribution in [0.25, 0.3) is 11.3 Å². The molecule has 0 atom stereocenters. The fourth-order valence-corrected chi connectivity index (χ4v) is 2.60. The lowest BCUT2D eigenvalue weighted by atomic mass is 10.2. The van der Waals surface area contributed by atoms with Crippen LogP contribution in [0.5, 0.6) is 0 Å². The summed E-state index contributed by atoms with van der Waals surface area (Å²) in [7, 11) is 0. The molecule has 0 bridgehead atoms. The molecule has 3 aromatic rings. The maximum Gasteiger partial charge on any atom is 0.187 e. The topological polar surface area (TPSA) is 37.8 Å². The van der Waals surface area contributed by atoms with Crippen LogP contribution in [0, 0.1) is 18.6 Å². The van der Waals surface area contributed by atoms with Crippen molar-refractivity contribution in [2.24, 2.45) is 0 Å². The first kappa shape index (κ1) is 13.6. The molecule has 0 aliphatic rings. The van der Waals surface area contributed by atoms with Crippen molar-refractivity contribution >= 4 is 22.2 Å². The minimum absolute atomic E-state index is 0.244. The van der Waals surface area contributed by atoms with E-state index in [4.69, 9.17) is 0 Å². The molecule has 2 heterocycles. The molecule has 1 N–H and O–H groups in total. The Morgan fingerprint density at radius 2 is 2.00 bits per heavy atom. The van der Waals surface area contributed by atoms with Crippen molar-refractivity contribution in [2.45, 2.75) is 6.92 Å². The molecular formula is C15H11F2N3S. The molecule has 3 rings (SSSR count). The maximum absolute atomic E-state index is 13.2.